The summed E-state index contributed by atoms with van der Waals surface area (Å²) in [6.45, 7) is 5.64. The predicted molar refractivity (Wildman–Crippen MR) is 111 cm³/mol. The van der Waals surface area contributed by atoms with Crippen molar-refractivity contribution in [1.29, 1.82) is 0 Å². The van der Waals surface area contributed by atoms with Gasteiger partial charge in [0, 0.05) is 43.4 Å². The molecule has 2 aliphatic heterocycles. The number of pyridine rings is 1. The molecule has 156 valence electrons. The first-order chi connectivity index (χ1) is 14.5. The summed E-state index contributed by atoms with van der Waals surface area (Å²) in [6.07, 6.45) is 0.972. The third kappa shape index (κ3) is 3.30. The van der Waals surface area contributed by atoms with Crippen LogP contribution in [0.4, 0.5) is 5.13 Å². The maximum absolute atomic E-state index is 12.8. The van der Waals surface area contributed by atoms with Crippen LogP contribution in [0.5, 0.6) is 0 Å². The normalized spacial score (nSPS) is 22.6. The summed E-state index contributed by atoms with van der Waals surface area (Å²) < 4.78 is 6.93. The predicted octanol–water partition coefficient (Wildman–Crippen LogP) is 1.90. The largest absolute Gasteiger partial charge is 0.351 e. The van der Waals surface area contributed by atoms with Gasteiger partial charge in [-0.2, -0.15) is 0 Å². The zero-order chi connectivity index (χ0) is 20.8. The topological polar surface area (TPSA) is 106 Å². The van der Waals surface area contributed by atoms with E-state index in [9.17, 15) is 9.59 Å². The number of carbonyl (C=O) groups is 1. The minimum Gasteiger partial charge on any atom is -0.351 e. The molecule has 3 aromatic rings. The highest BCUT2D eigenvalue weighted by Gasteiger charge is 2.41. The second kappa shape index (κ2) is 7.35. The molecule has 5 rings (SSSR count). The van der Waals surface area contributed by atoms with E-state index in [1.54, 1.807) is 30.4 Å². The van der Waals surface area contributed by atoms with Crippen LogP contribution in [0.1, 0.15) is 45.3 Å². The molecule has 1 fully saturated rings. The lowest BCUT2D eigenvalue weighted by Gasteiger charge is -2.46. The molecule has 30 heavy (non-hydrogen) atoms. The van der Waals surface area contributed by atoms with Crippen LogP contribution in [0, 0.1) is 19.8 Å². The van der Waals surface area contributed by atoms with Gasteiger partial charge in [-0.15, -0.1) is 10.2 Å². The van der Waals surface area contributed by atoms with Crippen LogP contribution in [0.3, 0.4) is 0 Å². The van der Waals surface area contributed by atoms with Crippen molar-refractivity contribution in [2.24, 2.45) is 5.92 Å². The molecule has 3 atom stereocenters. The van der Waals surface area contributed by atoms with Gasteiger partial charge in [0.2, 0.25) is 10.9 Å². The summed E-state index contributed by atoms with van der Waals surface area (Å²) in [6, 6.07) is 6.88. The van der Waals surface area contributed by atoms with Crippen molar-refractivity contribution in [3.05, 3.63) is 56.8 Å². The Kier molecular flexibility index (Phi) is 4.65. The quantitative estimate of drug-likeness (QED) is 0.679. The molecular weight excluding hydrogens is 404 g/mol. The molecular formula is C20H22N6O3S. The highest BCUT2D eigenvalue weighted by Crippen LogP contribution is 2.42. The number of piperidine rings is 1. The number of hydrogen-bond acceptors (Lipinski definition) is 8. The summed E-state index contributed by atoms with van der Waals surface area (Å²) in [5.74, 6) is 0.301. The molecule has 3 aromatic heterocycles. The van der Waals surface area contributed by atoms with Crippen molar-refractivity contribution >= 4 is 22.4 Å². The third-order valence-electron chi connectivity index (χ3n) is 5.91. The number of hydrogen-bond donors (Lipinski definition) is 1. The van der Waals surface area contributed by atoms with Crippen molar-refractivity contribution in [2.45, 2.75) is 32.2 Å². The van der Waals surface area contributed by atoms with Gasteiger partial charge in [-0.05, 0) is 32.3 Å². The molecule has 1 amide bonds. The maximum atomic E-state index is 12.8. The molecule has 2 bridgehead atoms. The lowest BCUT2D eigenvalue weighted by atomic mass is 9.78. The molecule has 0 radical (unpaired) electrons. The smallest absolute Gasteiger partial charge is 0.289 e. The summed E-state index contributed by atoms with van der Waals surface area (Å²) in [5.41, 5.74) is 1.63. The maximum Gasteiger partial charge on any atom is 0.289 e. The van der Waals surface area contributed by atoms with Crippen LogP contribution in [0.2, 0.25) is 0 Å². The molecule has 0 aliphatic carbocycles. The number of amides is 1. The summed E-state index contributed by atoms with van der Waals surface area (Å²) in [5, 5.41) is 17.0. The monoisotopic (exact) mass is 426 g/mol. The standard InChI is InChI=1S/C20H22N6O3S/c1-11-6-17(29-24-11)19(28)21-8-16-14-7-13(15-4-3-5-18(27)26(15)16)9-25(10-14)20-23-22-12(2)30-20/h3-6,13-14,16H,7-10H2,1-2H3,(H,21,28)/t13-,14+,16+/m1/s1. The molecule has 0 aromatic carbocycles. The Morgan fingerprint density at radius 2 is 2.17 bits per heavy atom. The van der Waals surface area contributed by atoms with E-state index < -0.39 is 0 Å². The summed E-state index contributed by atoms with van der Waals surface area (Å²) in [7, 11) is 0. The van der Waals surface area contributed by atoms with Crippen molar-refractivity contribution in [3.63, 3.8) is 0 Å². The van der Waals surface area contributed by atoms with E-state index in [0.29, 0.717) is 12.2 Å². The van der Waals surface area contributed by atoms with Gasteiger partial charge in [0.05, 0.1) is 11.7 Å². The first kappa shape index (κ1) is 19.0. The molecule has 10 heteroatoms. The van der Waals surface area contributed by atoms with Gasteiger partial charge in [-0.3, -0.25) is 9.59 Å². The minimum absolute atomic E-state index is 0.0304. The first-order valence-electron chi connectivity index (χ1n) is 9.97. The second-order valence-corrected chi connectivity index (χ2v) is 9.13. The number of rotatable bonds is 4. The fourth-order valence-corrected chi connectivity index (χ4v) is 5.34. The van der Waals surface area contributed by atoms with Crippen LogP contribution in [-0.4, -0.2) is 45.5 Å². The van der Waals surface area contributed by atoms with Crippen LogP contribution in [0.15, 0.2) is 33.6 Å². The molecule has 0 unspecified atom stereocenters. The summed E-state index contributed by atoms with van der Waals surface area (Å²) >= 11 is 1.58. The van der Waals surface area contributed by atoms with E-state index in [1.165, 1.54) is 0 Å². The van der Waals surface area contributed by atoms with Gasteiger partial charge in [0.25, 0.3) is 11.5 Å². The van der Waals surface area contributed by atoms with Gasteiger partial charge in [-0.25, -0.2) is 0 Å². The van der Waals surface area contributed by atoms with E-state index in [0.717, 1.165) is 35.3 Å². The molecule has 1 N–H and O–H groups in total. The molecule has 0 saturated carbocycles. The number of aryl methyl sites for hydroxylation is 2. The van der Waals surface area contributed by atoms with E-state index in [4.69, 9.17) is 4.52 Å². The number of anilines is 1. The highest BCUT2D eigenvalue weighted by atomic mass is 32.1. The average Bonchev–Trinajstić information content (AvgIpc) is 3.36. The van der Waals surface area contributed by atoms with Crippen LogP contribution in [-0.2, 0) is 0 Å². The van der Waals surface area contributed by atoms with E-state index >= 15 is 0 Å². The Balaban J connectivity index is 1.44. The Labute approximate surface area is 176 Å². The molecule has 9 nitrogen and oxygen atoms in total. The van der Waals surface area contributed by atoms with Crippen molar-refractivity contribution in [1.82, 2.24) is 25.2 Å². The zero-order valence-electron chi connectivity index (χ0n) is 16.7. The Morgan fingerprint density at radius 3 is 2.90 bits per heavy atom. The van der Waals surface area contributed by atoms with Crippen molar-refractivity contribution in [2.75, 3.05) is 24.5 Å². The zero-order valence-corrected chi connectivity index (χ0v) is 17.6. The minimum atomic E-state index is -0.323. The van der Waals surface area contributed by atoms with Crippen LogP contribution < -0.4 is 15.8 Å². The SMILES string of the molecule is Cc1cc(C(=O)NC[C@H]2[C@H]3C[C@H](CN(c4nnc(C)s4)C3)c3cccc(=O)n32)on1. The number of fused-ring (bicyclic) bond motifs is 4. The Hall–Kier alpha value is -3.01. The lowest BCUT2D eigenvalue weighted by Crippen LogP contribution is -2.52. The van der Waals surface area contributed by atoms with E-state index in [-0.39, 0.29) is 35.1 Å². The van der Waals surface area contributed by atoms with Crippen molar-refractivity contribution < 1.29 is 9.32 Å². The third-order valence-corrected chi connectivity index (χ3v) is 6.81. The van der Waals surface area contributed by atoms with Crippen LogP contribution in [0.25, 0.3) is 0 Å². The van der Waals surface area contributed by atoms with Gasteiger partial charge in [-0.1, -0.05) is 22.6 Å². The molecule has 2 aliphatic rings. The second-order valence-electron chi connectivity index (χ2n) is 7.97. The Bertz CT molecular complexity index is 1150. The van der Waals surface area contributed by atoms with E-state index in [1.807, 2.05) is 23.6 Å². The lowest BCUT2D eigenvalue weighted by molar-refractivity contribution is 0.0898. The highest BCUT2D eigenvalue weighted by molar-refractivity contribution is 7.15. The van der Waals surface area contributed by atoms with Gasteiger partial charge in [0.15, 0.2) is 0 Å². The number of aromatic nitrogens is 4. The molecule has 5 heterocycles. The molecule has 1 saturated heterocycles. The van der Waals surface area contributed by atoms with Gasteiger partial charge >= 0.3 is 0 Å². The van der Waals surface area contributed by atoms with Crippen LogP contribution >= 0.6 is 11.3 Å². The molecule has 0 spiro atoms. The number of nitrogens with one attached hydrogen (secondary N) is 1. The fraction of sp³-hybridized carbons (Fsp3) is 0.450. The first-order valence-corrected chi connectivity index (χ1v) is 10.8. The number of carbonyl (C=O) groups excluding carboxylic acids is 1. The van der Waals surface area contributed by atoms with Gasteiger partial charge in [0.1, 0.15) is 5.01 Å². The fourth-order valence-electron chi connectivity index (χ4n) is 4.63. The number of nitrogens with zero attached hydrogens (tertiary/aromatic N) is 5. The Morgan fingerprint density at radius 1 is 1.30 bits per heavy atom. The van der Waals surface area contributed by atoms with Crippen molar-refractivity contribution in [3.8, 4) is 0 Å². The van der Waals surface area contributed by atoms with Gasteiger partial charge < -0.3 is 19.3 Å². The average molecular weight is 427 g/mol. The summed E-state index contributed by atoms with van der Waals surface area (Å²) in [4.78, 5) is 27.5. The van der Waals surface area contributed by atoms with E-state index in [2.05, 4.69) is 25.6 Å².